The zero-order chi connectivity index (χ0) is 9.80. The fraction of sp³-hybridized carbons (Fsp3) is 0.182. The molecule has 0 N–H and O–H groups in total. The van der Waals surface area contributed by atoms with Crippen LogP contribution in [0.3, 0.4) is 0 Å². The summed E-state index contributed by atoms with van der Waals surface area (Å²) in [5, 5.41) is 0. The summed E-state index contributed by atoms with van der Waals surface area (Å²) < 4.78 is 7.37. The summed E-state index contributed by atoms with van der Waals surface area (Å²) >= 11 is 0.278. The number of carbonyl (C=O) groups excluding carboxylic acids is 1. The van der Waals surface area contributed by atoms with E-state index in [1.54, 1.807) is 6.08 Å². The molecule has 72 valence electrons. The van der Waals surface area contributed by atoms with Gasteiger partial charge in [-0.2, -0.15) is 0 Å². The Morgan fingerprint density at radius 3 is 2.71 bits per heavy atom. The molecule has 0 aliphatic carbocycles. The van der Waals surface area contributed by atoms with Gasteiger partial charge in [-0.1, -0.05) is 0 Å². The van der Waals surface area contributed by atoms with Crippen LogP contribution in [0.4, 0.5) is 0 Å². The quantitative estimate of drug-likeness (QED) is 0.577. The molecule has 0 fully saturated rings. The van der Waals surface area contributed by atoms with E-state index >= 15 is 0 Å². The fourth-order valence-corrected chi connectivity index (χ4v) is 3.18. The van der Waals surface area contributed by atoms with E-state index in [1.807, 2.05) is 18.2 Å². The normalized spacial score (nSPS) is 16.0. The Bertz CT molecular complexity index is 357. The van der Waals surface area contributed by atoms with Crippen LogP contribution in [0.2, 0.25) is 0 Å². The van der Waals surface area contributed by atoms with E-state index in [1.165, 1.54) is 8.93 Å². The first-order valence-corrected chi connectivity index (χ1v) is 6.16. The van der Waals surface area contributed by atoms with Crippen LogP contribution in [0.5, 0.6) is 0 Å². The van der Waals surface area contributed by atoms with Gasteiger partial charge in [-0.3, -0.25) is 0 Å². The molecule has 1 aromatic rings. The molecule has 0 amide bonds. The zero-order valence-corrected chi connectivity index (χ0v) is 9.32. The van der Waals surface area contributed by atoms with Crippen molar-refractivity contribution in [2.75, 3.05) is 6.61 Å². The summed E-state index contributed by atoms with van der Waals surface area (Å²) in [4.78, 5) is 11.0. The van der Waals surface area contributed by atoms with Crippen LogP contribution in [0.1, 0.15) is 6.42 Å². The molecule has 0 atom stereocenters. The van der Waals surface area contributed by atoms with Gasteiger partial charge in [0.15, 0.2) is 0 Å². The van der Waals surface area contributed by atoms with Crippen LogP contribution in [-0.2, 0) is 9.53 Å². The Kier molecular flexibility index (Phi) is 3.02. The summed E-state index contributed by atoms with van der Waals surface area (Å²) in [6, 6.07) is 10.3. The second-order valence-corrected chi connectivity index (χ2v) is 5.46. The van der Waals surface area contributed by atoms with Gasteiger partial charge in [-0.05, 0) is 0 Å². The first-order chi connectivity index (χ1) is 6.84. The molecule has 2 nitrogen and oxygen atoms in total. The molecule has 0 radical (unpaired) electrons. The molecular formula is C11H10O2Se. The van der Waals surface area contributed by atoms with E-state index in [4.69, 9.17) is 4.74 Å². The predicted molar refractivity (Wildman–Crippen MR) is 55.5 cm³/mol. The van der Waals surface area contributed by atoms with Gasteiger partial charge in [-0.25, -0.2) is 0 Å². The third kappa shape index (κ3) is 2.47. The number of rotatable bonds is 2. The summed E-state index contributed by atoms with van der Waals surface area (Å²) in [6.07, 6.45) is 2.52. The van der Waals surface area contributed by atoms with Gasteiger partial charge in [0, 0.05) is 0 Å². The van der Waals surface area contributed by atoms with E-state index in [0.717, 1.165) is 6.42 Å². The van der Waals surface area contributed by atoms with Crippen LogP contribution in [0.25, 0.3) is 0 Å². The molecule has 2 rings (SSSR count). The summed E-state index contributed by atoms with van der Waals surface area (Å²) in [7, 11) is 0. The van der Waals surface area contributed by atoms with E-state index in [2.05, 4.69) is 12.1 Å². The van der Waals surface area contributed by atoms with Crippen molar-refractivity contribution in [1.82, 2.24) is 0 Å². The molecule has 14 heavy (non-hydrogen) atoms. The Labute approximate surface area is 89.1 Å². The van der Waals surface area contributed by atoms with Gasteiger partial charge in [0.25, 0.3) is 0 Å². The van der Waals surface area contributed by atoms with Crippen LogP contribution in [0.15, 0.2) is 40.9 Å². The van der Waals surface area contributed by atoms with Crippen LogP contribution in [-0.4, -0.2) is 27.5 Å². The van der Waals surface area contributed by atoms with Crippen molar-refractivity contribution in [2.45, 2.75) is 6.42 Å². The van der Waals surface area contributed by atoms with Crippen molar-refractivity contribution < 1.29 is 9.53 Å². The Morgan fingerprint density at radius 2 is 2.00 bits per heavy atom. The fourth-order valence-electron chi connectivity index (χ4n) is 1.22. The molecular weight excluding hydrogens is 243 g/mol. The zero-order valence-electron chi connectivity index (χ0n) is 7.60. The average Bonchev–Trinajstić information content (AvgIpc) is 2.19. The number of benzene rings is 1. The maximum atomic E-state index is 11.0. The standard InChI is InChI=1S/C11H10O2Se/c12-11-8-10(6-7-13-11)14-9-4-2-1-3-5-9/h1-5,8H,6-7H2. The first-order valence-electron chi connectivity index (χ1n) is 4.45. The van der Waals surface area contributed by atoms with Crippen LogP contribution in [0, 0.1) is 0 Å². The molecule has 0 bridgehead atoms. The molecule has 1 aromatic carbocycles. The maximum absolute atomic E-state index is 11.0. The van der Waals surface area contributed by atoms with E-state index < -0.39 is 0 Å². The molecule has 1 heterocycles. The van der Waals surface area contributed by atoms with Crippen molar-refractivity contribution in [3.63, 3.8) is 0 Å². The number of hydrogen-bond donors (Lipinski definition) is 0. The van der Waals surface area contributed by atoms with Gasteiger partial charge in [0.05, 0.1) is 0 Å². The number of carbonyl (C=O) groups is 1. The minimum atomic E-state index is -0.191. The second kappa shape index (κ2) is 4.45. The van der Waals surface area contributed by atoms with Gasteiger partial charge >= 0.3 is 88.8 Å². The average molecular weight is 253 g/mol. The molecule has 0 saturated heterocycles. The molecule has 0 aromatic heterocycles. The van der Waals surface area contributed by atoms with Crippen molar-refractivity contribution in [3.8, 4) is 0 Å². The Hall–Kier alpha value is -1.05. The van der Waals surface area contributed by atoms with Crippen LogP contribution < -0.4 is 4.46 Å². The number of cyclic esters (lactones) is 1. The van der Waals surface area contributed by atoms with Gasteiger partial charge in [0.2, 0.25) is 0 Å². The molecule has 1 aliphatic rings. The topological polar surface area (TPSA) is 26.3 Å². The van der Waals surface area contributed by atoms with Crippen molar-refractivity contribution in [1.29, 1.82) is 0 Å². The third-order valence-electron chi connectivity index (χ3n) is 1.86. The van der Waals surface area contributed by atoms with Crippen molar-refractivity contribution >= 4 is 25.4 Å². The monoisotopic (exact) mass is 254 g/mol. The Balaban J connectivity index is 2.08. The summed E-state index contributed by atoms with van der Waals surface area (Å²) in [5.74, 6) is -0.191. The van der Waals surface area contributed by atoms with E-state index in [9.17, 15) is 4.79 Å². The number of esters is 1. The SMILES string of the molecule is O=C1C=C([Se]c2ccccc2)CCO1. The third-order valence-corrected chi connectivity index (χ3v) is 4.15. The second-order valence-electron chi connectivity index (χ2n) is 2.94. The number of hydrogen-bond acceptors (Lipinski definition) is 2. The van der Waals surface area contributed by atoms with E-state index in [-0.39, 0.29) is 20.9 Å². The number of ether oxygens (including phenoxy) is 1. The molecule has 1 aliphatic heterocycles. The van der Waals surface area contributed by atoms with Crippen molar-refractivity contribution in [3.05, 3.63) is 40.9 Å². The van der Waals surface area contributed by atoms with Crippen LogP contribution >= 0.6 is 0 Å². The van der Waals surface area contributed by atoms with Gasteiger partial charge < -0.3 is 0 Å². The summed E-state index contributed by atoms with van der Waals surface area (Å²) in [6.45, 7) is 0.541. The minimum absolute atomic E-state index is 0.191. The molecule has 0 unspecified atom stereocenters. The molecule has 3 heteroatoms. The predicted octanol–water partition coefficient (Wildman–Crippen LogP) is 0.847. The van der Waals surface area contributed by atoms with E-state index in [0.29, 0.717) is 6.61 Å². The molecule has 0 spiro atoms. The Morgan fingerprint density at radius 1 is 1.21 bits per heavy atom. The molecule has 0 saturated carbocycles. The summed E-state index contributed by atoms with van der Waals surface area (Å²) in [5.41, 5.74) is 0. The van der Waals surface area contributed by atoms with Crippen molar-refractivity contribution in [2.24, 2.45) is 0 Å². The van der Waals surface area contributed by atoms with Gasteiger partial charge in [0.1, 0.15) is 0 Å². The van der Waals surface area contributed by atoms with Gasteiger partial charge in [-0.15, -0.1) is 0 Å². The first kappa shape index (κ1) is 9.50.